The quantitative estimate of drug-likeness (QED) is 0.909. The normalized spacial score (nSPS) is 22.6. The molecule has 2 fully saturated rings. The molecular formula is C19H30N2O. The van der Waals surface area contributed by atoms with E-state index in [4.69, 9.17) is 10.5 Å². The molecule has 0 unspecified atom stereocenters. The van der Waals surface area contributed by atoms with Crippen LogP contribution in [-0.4, -0.2) is 44.3 Å². The van der Waals surface area contributed by atoms with Gasteiger partial charge in [-0.1, -0.05) is 43.5 Å². The van der Waals surface area contributed by atoms with Crippen LogP contribution in [-0.2, 0) is 16.6 Å². The summed E-state index contributed by atoms with van der Waals surface area (Å²) in [7, 11) is 0. The highest BCUT2D eigenvalue weighted by molar-refractivity contribution is 5.30. The van der Waals surface area contributed by atoms with Crippen molar-refractivity contribution in [2.24, 2.45) is 5.73 Å². The van der Waals surface area contributed by atoms with Gasteiger partial charge in [-0.3, -0.25) is 4.90 Å². The van der Waals surface area contributed by atoms with E-state index in [1.165, 1.54) is 43.2 Å². The highest BCUT2D eigenvalue weighted by Gasteiger charge is 2.32. The van der Waals surface area contributed by atoms with Crippen molar-refractivity contribution < 1.29 is 4.74 Å². The van der Waals surface area contributed by atoms with E-state index < -0.39 is 0 Å². The molecule has 1 saturated carbocycles. The summed E-state index contributed by atoms with van der Waals surface area (Å²) in [6.45, 7) is 5.86. The number of nitrogens with zero attached hydrogens (tertiary/aromatic N) is 1. The highest BCUT2D eigenvalue weighted by Crippen LogP contribution is 2.38. The van der Waals surface area contributed by atoms with Crippen molar-refractivity contribution >= 4 is 0 Å². The van der Waals surface area contributed by atoms with Gasteiger partial charge < -0.3 is 10.5 Å². The third-order valence-corrected chi connectivity index (χ3v) is 5.59. The Morgan fingerprint density at radius 2 is 1.68 bits per heavy atom. The Morgan fingerprint density at radius 1 is 1.00 bits per heavy atom. The molecule has 0 aromatic heterocycles. The lowest BCUT2D eigenvalue weighted by molar-refractivity contribution is 0.0384. The Labute approximate surface area is 134 Å². The highest BCUT2D eigenvalue weighted by atomic mass is 16.5. The number of nitrogens with two attached hydrogens (primary N) is 1. The van der Waals surface area contributed by atoms with Gasteiger partial charge in [0.05, 0.1) is 13.2 Å². The van der Waals surface area contributed by atoms with Crippen molar-refractivity contribution in [3.05, 3.63) is 35.4 Å². The average Bonchev–Trinajstić information content (AvgIpc) is 2.62. The van der Waals surface area contributed by atoms with Crippen molar-refractivity contribution in [3.63, 3.8) is 0 Å². The van der Waals surface area contributed by atoms with E-state index >= 15 is 0 Å². The molecule has 0 radical (unpaired) electrons. The van der Waals surface area contributed by atoms with Gasteiger partial charge in [0.2, 0.25) is 0 Å². The molecule has 0 spiro atoms. The summed E-state index contributed by atoms with van der Waals surface area (Å²) in [5, 5.41) is 0. The first-order valence-corrected chi connectivity index (χ1v) is 8.92. The number of benzene rings is 1. The molecule has 1 aromatic carbocycles. The Hall–Kier alpha value is -0.900. The second kappa shape index (κ2) is 7.58. The minimum atomic E-state index is 0.251. The van der Waals surface area contributed by atoms with Gasteiger partial charge in [0, 0.05) is 31.6 Å². The van der Waals surface area contributed by atoms with Gasteiger partial charge in [-0.05, 0) is 30.4 Å². The van der Waals surface area contributed by atoms with E-state index in [0.717, 1.165) is 45.8 Å². The molecule has 1 aromatic rings. The average molecular weight is 302 g/mol. The zero-order valence-corrected chi connectivity index (χ0v) is 13.7. The van der Waals surface area contributed by atoms with Crippen molar-refractivity contribution in [2.75, 3.05) is 39.4 Å². The minimum Gasteiger partial charge on any atom is -0.379 e. The molecule has 2 N–H and O–H groups in total. The molecule has 2 aliphatic rings. The van der Waals surface area contributed by atoms with Crippen LogP contribution in [0.4, 0.5) is 0 Å². The Bertz CT molecular complexity index is 445. The maximum absolute atomic E-state index is 6.15. The first kappa shape index (κ1) is 16.0. The second-order valence-electron chi connectivity index (χ2n) is 6.95. The van der Waals surface area contributed by atoms with E-state index in [2.05, 4.69) is 29.2 Å². The monoisotopic (exact) mass is 302 g/mol. The van der Waals surface area contributed by atoms with Crippen LogP contribution < -0.4 is 5.73 Å². The molecule has 0 amide bonds. The van der Waals surface area contributed by atoms with Gasteiger partial charge in [0.1, 0.15) is 0 Å². The summed E-state index contributed by atoms with van der Waals surface area (Å²) in [4.78, 5) is 2.50. The molecule has 3 rings (SSSR count). The van der Waals surface area contributed by atoms with Crippen molar-refractivity contribution in [2.45, 2.75) is 43.9 Å². The van der Waals surface area contributed by atoms with Gasteiger partial charge in [0.25, 0.3) is 0 Å². The fourth-order valence-electron chi connectivity index (χ4n) is 3.98. The SMILES string of the molecule is NCC1(c2ccc(CCN3CCOCC3)cc2)CCCCC1. The van der Waals surface area contributed by atoms with E-state index in [1.807, 2.05) is 0 Å². The predicted molar refractivity (Wildman–Crippen MR) is 91.2 cm³/mol. The lowest BCUT2D eigenvalue weighted by Gasteiger charge is -2.37. The molecular weight excluding hydrogens is 272 g/mol. The standard InChI is InChI=1S/C19H30N2O/c20-16-19(9-2-1-3-10-19)18-6-4-17(5-7-18)8-11-21-12-14-22-15-13-21/h4-7H,1-3,8-16,20H2. The summed E-state index contributed by atoms with van der Waals surface area (Å²) in [6.07, 6.45) is 7.69. The minimum absolute atomic E-state index is 0.251. The van der Waals surface area contributed by atoms with Crippen LogP contribution >= 0.6 is 0 Å². The molecule has 1 aliphatic heterocycles. The predicted octanol–water partition coefficient (Wildman–Crippen LogP) is 2.72. The maximum atomic E-state index is 6.15. The van der Waals surface area contributed by atoms with Gasteiger partial charge in [0.15, 0.2) is 0 Å². The lowest BCUT2D eigenvalue weighted by atomic mass is 9.69. The van der Waals surface area contributed by atoms with E-state index in [9.17, 15) is 0 Å². The number of hydrogen-bond donors (Lipinski definition) is 1. The van der Waals surface area contributed by atoms with Crippen LogP contribution in [0.15, 0.2) is 24.3 Å². The molecule has 1 saturated heterocycles. The van der Waals surface area contributed by atoms with Crippen LogP contribution in [0.5, 0.6) is 0 Å². The maximum Gasteiger partial charge on any atom is 0.0594 e. The van der Waals surface area contributed by atoms with Crippen LogP contribution in [0.1, 0.15) is 43.2 Å². The fourth-order valence-corrected chi connectivity index (χ4v) is 3.98. The van der Waals surface area contributed by atoms with Gasteiger partial charge in [-0.25, -0.2) is 0 Å². The number of ether oxygens (including phenoxy) is 1. The summed E-state index contributed by atoms with van der Waals surface area (Å²) in [5.74, 6) is 0. The summed E-state index contributed by atoms with van der Waals surface area (Å²) in [5.41, 5.74) is 9.30. The molecule has 1 aliphatic carbocycles. The molecule has 1 heterocycles. The zero-order chi connectivity index (χ0) is 15.3. The van der Waals surface area contributed by atoms with Gasteiger partial charge in [-0.2, -0.15) is 0 Å². The Kier molecular flexibility index (Phi) is 5.51. The first-order valence-electron chi connectivity index (χ1n) is 8.92. The Balaban J connectivity index is 1.59. The molecule has 22 heavy (non-hydrogen) atoms. The molecule has 0 atom stereocenters. The topological polar surface area (TPSA) is 38.5 Å². The van der Waals surface area contributed by atoms with Crippen LogP contribution in [0.3, 0.4) is 0 Å². The van der Waals surface area contributed by atoms with Gasteiger partial charge in [-0.15, -0.1) is 0 Å². The molecule has 0 bridgehead atoms. The molecule has 3 nitrogen and oxygen atoms in total. The van der Waals surface area contributed by atoms with Gasteiger partial charge >= 0.3 is 0 Å². The largest absolute Gasteiger partial charge is 0.379 e. The van der Waals surface area contributed by atoms with Crippen LogP contribution in [0.2, 0.25) is 0 Å². The van der Waals surface area contributed by atoms with E-state index in [0.29, 0.717) is 0 Å². The van der Waals surface area contributed by atoms with E-state index in [1.54, 1.807) is 0 Å². The lowest BCUT2D eigenvalue weighted by Crippen LogP contribution is -2.37. The number of rotatable bonds is 5. The van der Waals surface area contributed by atoms with Crippen LogP contribution in [0.25, 0.3) is 0 Å². The Morgan fingerprint density at radius 3 is 2.32 bits per heavy atom. The second-order valence-corrected chi connectivity index (χ2v) is 6.95. The summed E-state index contributed by atoms with van der Waals surface area (Å²) in [6, 6.07) is 9.32. The molecule has 122 valence electrons. The number of hydrogen-bond acceptors (Lipinski definition) is 3. The third kappa shape index (κ3) is 3.70. The first-order chi connectivity index (χ1) is 10.8. The molecule has 3 heteroatoms. The smallest absolute Gasteiger partial charge is 0.0594 e. The summed E-state index contributed by atoms with van der Waals surface area (Å²) < 4.78 is 5.40. The van der Waals surface area contributed by atoms with Crippen LogP contribution in [0, 0.1) is 0 Å². The summed E-state index contributed by atoms with van der Waals surface area (Å²) >= 11 is 0. The zero-order valence-electron chi connectivity index (χ0n) is 13.7. The number of morpholine rings is 1. The van der Waals surface area contributed by atoms with E-state index in [-0.39, 0.29) is 5.41 Å². The van der Waals surface area contributed by atoms with Crippen molar-refractivity contribution in [1.82, 2.24) is 4.90 Å². The fraction of sp³-hybridized carbons (Fsp3) is 0.684. The third-order valence-electron chi connectivity index (χ3n) is 5.59. The van der Waals surface area contributed by atoms with Crippen molar-refractivity contribution in [3.8, 4) is 0 Å². The van der Waals surface area contributed by atoms with Crippen molar-refractivity contribution in [1.29, 1.82) is 0 Å².